The lowest BCUT2D eigenvalue weighted by Gasteiger charge is -2.28. The number of nitrogens with one attached hydrogen (secondary N) is 2. The van der Waals surface area contributed by atoms with E-state index in [0.717, 1.165) is 16.8 Å². The number of hydrogen-bond donors (Lipinski definition) is 2. The molecule has 12 heteroatoms. The molecule has 10 nitrogen and oxygen atoms in total. The number of sulfone groups is 1. The topological polar surface area (TPSA) is 143 Å². The largest absolute Gasteiger partial charge is 0.467 e. The quantitative estimate of drug-likeness (QED) is 0.250. The third kappa shape index (κ3) is 7.00. The van der Waals surface area contributed by atoms with Gasteiger partial charge in [-0.15, -0.1) is 0 Å². The van der Waals surface area contributed by atoms with Crippen LogP contribution < -0.4 is 10.6 Å². The number of fused-ring (bicyclic) bond motifs is 1. The number of methoxy groups -OCH3 is 1. The molecule has 2 atom stereocenters. The summed E-state index contributed by atoms with van der Waals surface area (Å²) < 4.78 is 33.6. The van der Waals surface area contributed by atoms with E-state index in [-0.39, 0.29) is 28.7 Å². The normalized spacial score (nSPS) is 15.9. The Kier molecular flexibility index (Phi) is 9.44. The Hall–Kier alpha value is -4.50. The molecule has 0 saturated carbocycles. The number of nitriles is 1. The lowest BCUT2D eigenvalue weighted by atomic mass is 9.99. The molecule has 0 bridgehead atoms. The number of carbonyl (C=O) groups is 2. The van der Waals surface area contributed by atoms with Crippen LogP contribution in [0.1, 0.15) is 50.8 Å². The number of benzene rings is 3. The van der Waals surface area contributed by atoms with Gasteiger partial charge in [0.25, 0.3) is 5.91 Å². The van der Waals surface area contributed by atoms with Gasteiger partial charge in [-0.3, -0.25) is 4.79 Å². The van der Waals surface area contributed by atoms with E-state index < -0.39 is 27.8 Å². The van der Waals surface area contributed by atoms with Crippen molar-refractivity contribution in [3.63, 3.8) is 0 Å². The van der Waals surface area contributed by atoms with Crippen LogP contribution in [-0.4, -0.2) is 48.7 Å². The smallest absolute Gasteiger partial charge is 0.328 e. The Morgan fingerprint density at radius 2 is 1.84 bits per heavy atom. The van der Waals surface area contributed by atoms with Crippen molar-refractivity contribution in [1.82, 2.24) is 20.2 Å². The molecule has 0 saturated heterocycles. The molecular weight excluding hydrogens is 602 g/mol. The summed E-state index contributed by atoms with van der Waals surface area (Å²) in [5.74, 6) is -1.48. The number of ether oxygens (including phenoxy) is 1. The molecule has 226 valence electrons. The predicted molar refractivity (Wildman–Crippen MR) is 164 cm³/mol. The van der Waals surface area contributed by atoms with E-state index in [2.05, 4.69) is 21.7 Å². The van der Waals surface area contributed by atoms with Crippen LogP contribution in [0, 0.1) is 11.3 Å². The minimum absolute atomic E-state index is 0.0233. The first-order chi connectivity index (χ1) is 21.2. The molecule has 2 N–H and O–H groups in total. The molecule has 5 rings (SSSR count). The van der Waals surface area contributed by atoms with Crippen LogP contribution in [0.25, 0.3) is 0 Å². The molecule has 1 aromatic heterocycles. The van der Waals surface area contributed by atoms with Crippen molar-refractivity contribution >= 4 is 33.3 Å². The van der Waals surface area contributed by atoms with Crippen molar-refractivity contribution in [3.05, 3.63) is 118 Å². The fourth-order valence-corrected chi connectivity index (χ4v) is 7.21. The van der Waals surface area contributed by atoms with Gasteiger partial charge in [0.05, 0.1) is 47.0 Å². The number of hydrogen-bond acceptors (Lipinski definition) is 8. The van der Waals surface area contributed by atoms with Gasteiger partial charge in [0.15, 0.2) is 9.84 Å². The zero-order valence-corrected chi connectivity index (χ0v) is 25.4. The van der Waals surface area contributed by atoms with Crippen LogP contribution >= 0.6 is 11.6 Å². The number of amides is 1. The second-order valence-corrected chi connectivity index (χ2v) is 12.9. The summed E-state index contributed by atoms with van der Waals surface area (Å²) in [5, 5.41) is 15.7. The van der Waals surface area contributed by atoms with E-state index >= 15 is 0 Å². The number of imidazole rings is 1. The van der Waals surface area contributed by atoms with Crippen molar-refractivity contribution < 1.29 is 22.7 Å². The molecule has 0 fully saturated rings. The zero-order valence-electron chi connectivity index (χ0n) is 23.9. The minimum Gasteiger partial charge on any atom is -0.467 e. The number of rotatable bonds is 10. The van der Waals surface area contributed by atoms with Crippen molar-refractivity contribution in [2.45, 2.75) is 42.9 Å². The van der Waals surface area contributed by atoms with Gasteiger partial charge >= 0.3 is 5.97 Å². The monoisotopic (exact) mass is 631 g/mol. The highest BCUT2D eigenvalue weighted by atomic mass is 35.5. The highest BCUT2D eigenvalue weighted by Gasteiger charge is 2.35. The van der Waals surface area contributed by atoms with E-state index in [1.54, 1.807) is 61.1 Å². The maximum Gasteiger partial charge on any atom is 0.328 e. The molecule has 2 heterocycles. The highest BCUT2D eigenvalue weighted by molar-refractivity contribution is 7.91. The molecular formula is C32H30ClN5O5S. The molecule has 0 aliphatic carbocycles. The number of halogens is 1. The third-order valence-electron chi connectivity index (χ3n) is 7.56. The number of aromatic nitrogens is 2. The van der Waals surface area contributed by atoms with Crippen LogP contribution in [0.5, 0.6) is 0 Å². The van der Waals surface area contributed by atoms with Gasteiger partial charge in [-0.1, -0.05) is 48.0 Å². The van der Waals surface area contributed by atoms with Crippen molar-refractivity contribution in [2.75, 3.05) is 12.9 Å². The van der Waals surface area contributed by atoms with E-state index in [1.165, 1.54) is 13.2 Å². The molecule has 2 unspecified atom stereocenters. The molecule has 1 aliphatic heterocycles. The SMILES string of the molecule is COC(=O)C(Cc1ccc(Cl)cc1)NC(=O)c1cccc2c1S(=O)(=O)CCC2NCc1cncn1Cc1ccc(C#N)cc1. The summed E-state index contributed by atoms with van der Waals surface area (Å²) >= 11 is 5.97. The second kappa shape index (κ2) is 13.4. The maximum atomic E-state index is 13.5. The maximum absolute atomic E-state index is 13.5. The average molecular weight is 632 g/mol. The first-order valence-corrected chi connectivity index (χ1v) is 15.9. The lowest BCUT2D eigenvalue weighted by molar-refractivity contribution is -0.142. The summed E-state index contributed by atoms with van der Waals surface area (Å²) in [6.07, 6.45) is 3.93. The Morgan fingerprint density at radius 3 is 2.55 bits per heavy atom. The minimum atomic E-state index is -3.77. The first kappa shape index (κ1) is 30.9. The highest BCUT2D eigenvalue weighted by Crippen LogP contribution is 2.35. The van der Waals surface area contributed by atoms with Crippen LogP contribution in [0.15, 0.2) is 84.1 Å². The van der Waals surface area contributed by atoms with Gasteiger partial charge in [-0.2, -0.15) is 5.26 Å². The average Bonchev–Trinajstić information content (AvgIpc) is 3.47. The summed E-state index contributed by atoms with van der Waals surface area (Å²) in [7, 11) is -2.55. The van der Waals surface area contributed by atoms with Crippen LogP contribution in [0.3, 0.4) is 0 Å². The van der Waals surface area contributed by atoms with E-state index in [4.69, 9.17) is 21.6 Å². The molecule has 3 aromatic carbocycles. The summed E-state index contributed by atoms with van der Waals surface area (Å²) in [4.78, 5) is 30.4. The second-order valence-electron chi connectivity index (χ2n) is 10.5. The van der Waals surface area contributed by atoms with Gasteiger partial charge in [0.2, 0.25) is 0 Å². The van der Waals surface area contributed by atoms with E-state index in [9.17, 15) is 18.0 Å². The van der Waals surface area contributed by atoms with Crippen molar-refractivity contribution in [1.29, 1.82) is 5.26 Å². The fourth-order valence-electron chi connectivity index (χ4n) is 5.27. The Morgan fingerprint density at radius 1 is 1.11 bits per heavy atom. The van der Waals surface area contributed by atoms with Crippen molar-refractivity contribution in [3.8, 4) is 6.07 Å². The van der Waals surface area contributed by atoms with E-state index in [0.29, 0.717) is 35.7 Å². The molecule has 0 spiro atoms. The van der Waals surface area contributed by atoms with Gasteiger partial charge in [0.1, 0.15) is 6.04 Å². The van der Waals surface area contributed by atoms with Crippen LogP contribution in [0.4, 0.5) is 0 Å². The van der Waals surface area contributed by atoms with E-state index in [1.807, 2.05) is 16.7 Å². The summed E-state index contributed by atoms with van der Waals surface area (Å²) in [6.45, 7) is 0.961. The first-order valence-electron chi connectivity index (χ1n) is 13.9. The summed E-state index contributed by atoms with van der Waals surface area (Å²) in [5.41, 5.74) is 3.70. The number of nitrogens with zero attached hydrogens (tertiary/aromatic N) is 3. The zero-order chi connectivity index (χ0) is 31.3. The fraction of sp³-hybridized carbons (Fsp3) is 0.250. The molecule has 44 heavy (non-hydrogen) atoms. The van der Waals surface area contributed by atoms with Gasteiger partial charge in [0, 0.05) is 36.8 Å². The summed E-state index contributed by atoms with van der Waals surface area (Å²) in [6, 6.07) is 19.7. The Bertz CT molecular complexity index is 1810. The molecule has 0 radical (unpaired) electrons. The van der Waals surface area contributed by atoms with Gasteiger partial charge in [-0.05, 0) is 53.4 Å². The van der Waals surface area contributed by atoms with Crippen molar-refractivity contribution in [2.24, 2.45) is 0 Å². The van der Waals surface area contributed by atoms with Crippen LogP contribution in [0.2, 0.25) is 5.02 Å². The number of esters is 1. The Balaban J connectivity index is 1.35. The van der Waals surface area contributed by atoms with Gasteiger partial charge < -0.3 is 19.9 Å². The van der Waals surface area contributed by atoms with Gasteiger partial charge in [-0.25, -0.2) is 18.2 Å². The molecule has 1 amide bonds. The van der Waals surface area contributed by atoms with Crippen LogP contribution in [-0.2, 0) is 38.9 Å². The standard InChI is InChI=1S/C32H30ClN5O5S/c1-43-32(40)29(15-21-9-11-24(33)12-10-21)37-31(39)27-4-2-3-26-28(13-14-44(41,42)30(26)27)36-18-25-17-35-20-38(25)19-23-7-5-22(16-34)6-8-23/h2-12,17,20,28-29,36H,13-15,18-19H2,1H3,(H,37,39). The number of carbonyl (C=O) groups excluding carboxylic acids is 2. The molecule has 1 aliphatic rings. The predicted octanol–water partition coefficient (Wildman–Crippen LogP) is 3.98. The Labute approximate surface area is 260 Å². The third-order valence-corrected chi connectivity index (χ3v) is 9.66. The lowest BCUT2D eigenvalue weighted by Crippen LogP contribution is -2.43. The molecule has 4 aromatic rings.